The third-order valence-corrected chi connectivity index (χ3v) is 3.16. The number of furan rings is 1. The van der Waals surface area contributed by atoms with E-state index < -0.39 is 0 Å². The van der Waals surface area contributed by atoms with Gasteiger partial charge in [0.05, 0.1) is 6.26 Å². The molecule has 19 heavy (non-hydrogen) atoms. The highest BCUT2D eigenvalue weighted by Gasteiger charge is 2.10. The molecule has 5 heteroatoms. The van der Waals surface area contributed by atoms with Gasteiger partial charge in [0.25, 0.3) is 0 Å². The van der Waals surface area contributed by atoms with Crippen LogP contribution in [0.2, 0.25) is 0 Å². The SMILES string of the molecule is Cc1occc1CN(C)Cc1cccnc1C(N)=S. The van der Waals surface area contributed by atoms with Gasteiger partial charge >= 0.3 is 0 Å². The molecule has 0 atom stereocenters. The third-order valence-electron chi connectivity index (χ3n) is 2.97. The summed E-state index contributed by atoms with van der Waals surface area (Å²) in [7, 11) is 2.04. The minimum Gasteiger partial charge on any atom is -0.469 e. The second-order valence-corrected chi connectivity index (χ2v) is 4.99. The molecule has 2 aromatic heterocycles. The first-order chi connectivity index (χ1) is 9.08. The molecule has 0 spiro atoms. The zero-order chi connectivity index (χ0) is 13.8. The first-order valence-corrected chi connectivity index (χ1v) is 6.44. The predicted octanol–water partition coefficient (Wildman–Crippen LogP) is 2.25. The summed E-state index contributed by atoms with van der Waals surface area (Å²) >= 11 is 5.02. The number of thiocarbonyl (C=S) groups is 1. The average Bonchev–Trinajstić information content (AvgIpc) is 2.75. The van der Waals surface area contributed by atoms with Crippen molar-refractivity contribution in [2.75, 3.05) is 7.05 Å². The molecule has 0 saturated heterocycles. The number of pyridine rings is 1. The van der Waals surface area contributed by atoms with Crippen LogP contribution in [-0.2, 0) is 13.1 Å². The molecule has 2 rings (SSSR count). The normalized spacial score (nSPS) is 10.9. The smallest absolute Gasteiger partial charge is 0.123 e. The van der Waals surface area contributed by atoms with Gasteiger partial charge in [0.2, 0.25) is 0 Å². The van der Waals surface area contributed by atoms with Crippen molar-refractivity contribution in [1.82, 2.24) is 9.88 Å². The lowest BCUT2D eigenvalue weighted by Gasteiger charge is -2.17. The maximum atomic E-state index is 5.69. The number of nitrogens with zero attached hydrogens (tertiary/aromatic N) is 2. The van der Waals surface area contributed by atoms with Crippen LogP contribution in [0.15, 0.2) is 35.1 Å². The fourth-order valence-corrected chi connectivity index (χ4v) is 2.18. The molecular weight excluding hydrogens is 258 g/mol. The van der Waals surface area contributed by atoms with E-state index in [1.165, 1.54) is 5.56 Å². The Balaban J connectivity index is 2.09. The molecule has 100 valence electrons. The van der Waals surface area contributed by atoms with Crippen molar-refractivity contribution in [3.63, 3.8) is 0 Å². The molecule has 0 saturated carbocycles. The Morgan fingerprint density at radius 1 is 1.37 bits per heavy atom. The highest BCUT2D eigenvalue weighted by molar-refractivity contribution is 7.80. The zero-order valence-electron chi connectivity index (χ0n) is 11.1. The van der Waals surface area contributed by atoms with Crippen LogP contribution in [0.1, 0.15) is 22.6 Å². The van der Waals surface area contributed by atoms with E-state index in [4.69, 9.17) is 22.4 Å². The molecule has 0 aliphatic carbocycles. The van der Waals surface area contributed by atoms with Crippen molar-refractivity contribution in [3.8, 4) is 0 Å². The van der Waals surface area contributed by atoms with Crippen LogP contribution in [-0.4, -0.2) is 21.9 Å². The highest BCUT2D eigenvalue weighted by atomic mass is 32.1. The van der Waals surface area contributed by atoms with E-state index in [9.17, 15) is 0 Å². The molecule has 2 N–H and O–H groups in total. The van der Waals surface area contributed by atoms with E-state index in [2.05, 4.69) is 9.88 Å². The van der Waals surface area contributed by atoms with E-state index in [0.717, 1.165) is 24.4 Å². The molecule has 0 unspecified atom stereocenters. The fraction of sp³-hybridized carbons (Fsp3) is 0.286. The van der Waals surface area contributed by atoms with Crippen LogP contribution in [0.5, 0.6) is 0 Å². The number of hydrogen-bond donors (Lipinski definition) is 1. The summed E-state index contributed by atoms with van der Waals surface area (Å²) in [6, 6.07) is 5.89. The minimum atomic E-state index is 0.337. The van der Waals surface area contributed by atoms with E-state index >= 15 is 0 Å². The summed E-state index contributed by atoms with van der Waals surface area (Å²) in [6.45, 7) is 3.52. The van der Waals surface area contributed by atoms with Crippen molar-refractivity contribution in [2.45, 2.75) is 20.0 Å². The Morgan fingerprint density at radius 2 is 2.11 bits per heavy atom. The molecular formula is C14H17N3OS. The second kappa shape index (κ2) is 5.95. The van der Waals surface area contributed by atoms with Crippen molar-refractivity contribution in [3.05, 3.63) is 53.2 Å². The van der Waals surface area contributed by atoms with Gasteiger partial charge in [-0.15, -0.1) is 0 Å². The van der Waals surface area contributed by atoms with E-state index in [-0.39, 0.29) is 0 Å². The molecule has 0 fully saturated rings. The summed E-state index contributed by atoms with van der Waals surface area (Å²) in [6.07, 6.45) is 3.42. The Hall–Kier alpha value is -1.72. The van der Waals surface area contributed by atoms with E-state index in [1.54, 1.807) is 12.5 Å². The molecule has 0 aromatic carbocycles. The van der Waals surface area contributed by atoms with Gasteiger partial charge in [-0.25, -0.2) is 0 Å². The van der Waals surface area contributed by atoms with Crippen LogP contribution in [0.25, 0.3) is 0 Å². The topological polar surface area (TPSA) is 55.3 Å². The summed E-state index contributed by atoms with van der Waals surface area (Å²) in [5, 5.41) is 0. The van der Waals surface area contributed by atoms with Gasteiger partial charge in [-0.3, -0.25) is 9.88 Å². The Bertz CT molecular complexity index is 580. The van der Waals surface area contributed by atoms with Gasteiger partial charge in [-0.05, 0) is 31.7 Å². The highest BCUT2D eigenvalue weighted by Crippen LogP contribution is 2.14. The van der Waals surface area contributed by atoms with Gasteiger partial charge < -0.3 is 10.2 Å². The Labute approximate surface area is 118 Å². The van der Waals surface area contributed by atoms with Crippen LogP contribution in [0.4, 0.5) is 0 Å². The lowest BCUT2D eigenvalue weighted by atomic mass is 10.1. The standard InChI is InChI=1S/C14H17N3OS/c1-10-11(5-7-18-10)8-17(2)9-12-4-3-6-16-13(12)14(15)19/h3-7H,8-9H2,1-2H3,(H2,15,19). The van der Waals surface area contributed by atoms with Gasteiger partial charge in [0.1, 0.15) is 16.4 Å². The lowest BCUT2D eigenvalue weighted by molar-refractivity contribution is 0.316. The maximum absolute atomic E-state index is 5.69. The molecule has 2 heterocycles. The average molecular weight is 275 g/mol. The minimum absolute atomic E-state index is 0.337. The van der Waals surface area contributed by atoms with Crippen molar-refractivity contribution in [1.29, 1.82) is 0 Å². The first-order valence-electron chi connectivity index (χ1n) is 6.03. The van der Waals surface area contributed by atoms with Gasteiger partial charge in [0, 0.05) is 24.8 Å². The molecule has 0 bridgehead atoms. The van der Waals surface area contributed by atoms with Crippen molar-refractivity contribution in [2.24, 2.45) is 5.73 Å². The number of aryl methyl sites for hydroxylation is 1. The predicted molar refractivity (Wildman–Crippen MR) is 78.7 cm³/mol. The summed E-state index contributed by atoms with van der Waals surface area (Å²) in [5.74, 6) is 0.951. The first kappa shape index (κ1) is 13.7. The second-order valence-electron chi connectivity index (χ2n) is 4.55. The van der Waals surface area contributed by atoms with Crippen molar-refractivity contribution >= 4 is 17.2 Å². The number of rotatable bonds is 5. The molecule has 4 nitrogen and oxygen atoms in total. The molecule has 0 radical (unpaired) electrons. The molecule has 0 amide bonds. The van der Waals surface area contributed by atoms with Crippen LogP contribution < -0.4 is 5.73 Å². The van der Waals surface area contributed by atoms with Crippen LogP contribution in [0, 0.1) is 6.92 Å². The summed E-state index contributed by atoms with van der Waals surface area (Å²) < 4.78 is 5.30. The molecule has 2 aromatic rings. The maximum Gasteiger partial charge on any atom is 0.123 e. The Kier molecular flexibility index (Phi) is 4.29. The van der Waals surface area contributed by atoms with E-state index in [1.807, 2.05) is 32.2 Å². The number of nitrogens with two attached hydrogens (primary N) is 1. The van der Waals surface area contributed by atoms with Gasteiger partial charge in [-0.2, -0.15) is 0 Å². The van der Waals surface area contributed by atoms with Crippen molar-refractivity contribution < 1.29 is 4.42 Å². The number of hydrogen-bond acceptors (Lipinski definition) is 4. The van der Waals surface area contributed by atoms with Gasteiger partial charge in [0.15, 0.2) is 0 Å². The Morgan fingerprint density at radius 3 is 2.74 bits per heavy atom. The summed E-state index contributed by atoms with van der Waals surface area (Å²) in [4.78, 5) is 6.75. The van der Waals surface area contributed by atoms with Crippen LogP contribution in [0.3, 0.4) is 0 Å². The fourth-order valence-electron chi connectivity index (χ4n) is 2.00. The largest absolute Gasteiger partial charge is 0.469 e. The van der Waals surface area contributed by atoms with E-state index in [0.29, 0.717) is 10.7 Å². The molecule has 0 aliphatic heterocycles. The zero-order valence-corrected chi connectivity index (χ0v) is 11.9. The van der Waals surface area contributed by atoms with Gasteiger partial charge in [-0.1, -0.05) is 18.3 Å². The molecule has 0 aliphatic rings. The quantitative estimate of drug-likeness (QED) is 0.848. The lowest BCUT2D eigenvalue weighted by Crippen LogP contribution is -2.21. The monoisotopic (exact) mass is 275 g/mol. The summed E-state index contributed by atoms with van der Waals surface area (Å²) in [5.41, 5.74) is 8.61. The van der Waals surface area contributed by atoms with Crippen LogP contribution >= 0.6 is 12.2 Å². The number of aromatic nitrogens is 1. The third kappa shape index (κ3) is 3.39.